The third-order valence-corrected chi connectivity index (χ3v) is 5.11. The first kappa shape index (κ1) is 16.4. The van der Waals surface area contributed by atoms with Gasteiger partial charge in [0.1, 0.15) is 22.7 Å². The second-order valence-corrected chi connectivity index (χ2v) is 6.66. The maximum absolute atomic E-state index is 13.5. The maximum Gasteiger partial charge on any atom is 0.244 e. The highest BCUT2D eigenvalue weighted by Gasteiger charge is 2.21. The van der Waals surface area contributed by atoms with Crippen LogP contribution in [0.2, 0.25) is 0 Å². The van der Waals surface area contributed by atoms with Gasteiger partial charge in [-0.3, -0.25) is 4.79 Å². The van der Waals surface area contributed by atoms with E-state index in [-0.39, 0.29) is 12.2 Å². The fourth-order valence-corrected chi connectivity index (χ4v) is 4.01. The van der Waals surface area contributed by atoms with Gasteiger partial charge >= 0.3 is 0 Å². The summed E-state index contributed by atoms with van der Waals surface area (Å²) < 4.78 is 26.6. The van der Waals surface area contributed by atoms with Crippen LogP contribution in [0.3, 0.4) is 0 Å². The van der Waals surface area contributed by atoms with Crippen LogP contribution in [0.4, 0.5) is 19.5 Å². The molecule has 0 bridgehead atoms. The van der Waals surface area contributed by atoms with Crippen molar-refractivity contribution in [3.05, 3.63) is 45.8 Å². The zero-order valence-corrected chi connectivity index (χ0v) is 13.6. The maximum atomic E-state index is 13.5. The Hall–Kier alpha value is -2.46. The molecule has 0 spiro atoms. The predicted molar refractivity (Wildman–Crippen MR) is 89.2 cm³/mol. The van der Waals surface area contributed by atoms with Gasteiger partial charge in [-0.25, -0.2) is 8.78 Å². The van der Waals surface area contributed by atoms with Gasteiger partial charge < -0.3 is 10.6 Å². The van der Waals surface area contributed by atoms with Gasteiger partial charge in [0.25, 0.3) is 0 Å². The number of aryl methyl sites for hydroxylation is 1. The minimum atomic E-state index is -0.631. The van der Waals surface area contributed by atoms with Crippen LogP contribution in [-0.4, -0.2) is 12.5 Å². The molecule has 0 saturated carbocycles. The molecular weight excluding hydrogens is 332 g/mol. The van der Waals surface area contributed by atoms with E-state index in [0.717, 1.165) is 54.3 Å². The Bertz CT molecular complexity index is 826. The number of carbonyl (C=O) groups excluding carboxylic acids is 1. The zero-order valence-electron chi connectivity index (χ0n) is 12.8. The summed E-state index contributed by atoms with van der Waals surface area (Å²) in [6.45, 7) is -0.214. The number of thiophene rings is 1. The number of halogens is 2. The summed E-state index contributed by atoms with van der Waals surface area (Å²) in [5.74, 6) is -1.63. The molecular formula is C17H15F2N3OS. The van der Waals surface area contributed by atoms with Crippen LogP contribution in [0.25, 0.3) is 0 Å². The average Bonchev–Trinajstić information content (AvgIpc) is 2.92. The molecule has 1 aliphatic carbocycles. The quantitative estimate of drug-likeness (QED) is 0.883. The van der Waals surface area contributed by atoms with Crippen LogP contribution in [0.15, 0.2) is 18.2 Å². The molecule has 1 aliphatic rings. The number of fused-ring (bicyclic) bond motifs is 1. The molecule has 4 nitrogen and oxygen atoms in total. The van der Waals surface area contributed by atoms with Gasteiger partial charge in [-0.2, -0.15) is 5.26 Å². The Morgan fingerprint density at radius 1 is 1.29 bits per heavy atom. The third kappa shape index (κ3) is 3.39. The minimum Gasteiger partial charge on any atom is -0.374 e. The van der Waals surface area contributed by atoms with Crippen LogP contribution in [0.5, 0.6) is 0 Å². The molecule has 124 valence electrons. The number of benzene rings is 1. The number of rotatable bonds is 4. The lowest BCUT2D eigenvalue weighted by Gasteiger charge is -2.09. The normalized spacial score (nSPS) is 13.0. The summed E-state index contributed by atoms with van der Waals surface area (Å²) in [5, 5.41) is 15.2. The van der Waals surface area contributed by atoms with E-state index in [1.807, 2.05) is 0 Å². The first-order chi connectivity index (χ1) is 11.6. The van der Waals surface area contributed by atoms with Crippen LogP contribution in [0.1, 0.15) is 28.8 Å². The van der Waals surface area contributed by atoms with Crippen molar-refractivity contribution in [2.45, 2.75) is 25.7 Å². The highest BCUT2D eigenvalue weighted by molar-refractivity contribution is 7.16. The Balaban J connectivity index is 1.68. The Morgan fingerprint density at radius 2 is 2.08 bits per heavy atom. The minimum absolute atomic E-state index is 0.0730. The summed E-state index contributed by atoms with van der Waals surface area (Å²) in [6.07, 6.45) is 3.92. The molecule has 1 amide bonds. The standard InChI is InChI=1S/C17H15F2N3OS/c18-10-5-6-13(19)14(7-10)21-9-16(23)22-17-12(8-20)11-3-1-2-4-15(11)24-17/h5-7,21H,1-4,9H2,(H,22,23). The smallest absolute Gasteiger partial charge is 0.244 e. The number of anilines is 2. The number of nitrogens with zero attached hydrogens (tertiary/aromatic N) is 1. The number of amides is 1. The topological polar surface area (TPSA) is 64.9 Å². The molecule has 24 heavy (non-hydrogen) atoms. The van der Waals surface area contributed by atoms with E-state index in [4.69, 9.17) is 0 Å². The molecule has 2 N–H and O–H groups in total. The molecule has 0 atom stereocenters. The van der Waals surface area contributed by atoms with Crippen molar-refractivity contribution in [1.82, 2.24) is 0 Å². The summed E-state index contributed by atoms with van der Waals surface area (Å²) >= 11 is 1.43. The van der Waals surface area contributed by atoms with Crippen molar-refractivity contribution < 1.29 is 13.6 Å². The van der Waals surface area contributed by atoms with Crippen LogP contribution in [0, 0.1) is 23.0 Å². The average molecular weight is 347 g/mol. The Kier molecular flexibility index (Phi) is 4.76. The fourth-order valence-electron chi connectivity index (χ4n) is 2.75. The highest BCUT2D eigenvalue weighted by Crippen LogP contribution is 2.37. The van der Waals surface area contributed by atoms with Gasteiger partial charge in [0.05, 0.1) is 17.8 Å². The van der Waals surface area contributed by atoms with E-state index in [9.17, 15) is 18.8 Å². The summed E-state index contributed by atoms with van der Waals surface area (Å²) in [4.78, 5) is 13.2. The number of nitrogens with one attached hydrogen (secondary N) is 2. The molecule has 0 saturated heterocycles. The fraction of sp³-hybridized carbons (Fsp3) is 0.294. The monoisotopic (exact) mass is 347 g/mol. The SMILES string of the molecule is N#Cc1c(NC(=O)CNc2cc(F)ccc2F)sc2c1CCCC2. The van der Waals surface area contributed by atoms with Gasteiger partial charge in [-0.05, 0) is 49.4 Å². The van der Waals surface area contributed by atoms with Crippen molar-refractivity contribution in [2.24, 2.45) is 0 Å². The van der Waals surface area contributed by atoms with Gasteiger partial charge in [-0.15, -0.1) is 11.3 Å². The van der Waals surface area contributed by atoms with E-state index in [0.29, 0.717) is 10.6 Å². The van der Waals surface area contributed by atoms with E-state index >= 15 is 0 Å². The highest BCUT2D eigenvalue weighted by atomic mass is 32.1. The molecule has 0 unspecified atom stereocenters. The lowest BCUT2D eigenvalue weighted by atomic mass is 9.96. The summed E-state index contributed by atoms with van der Waals surface area (Å²) in [7, 11) is 0. The van der Waals surface area contributed by atoms with E-state index < -0.39 is 17.5 Å². The van der Waals surface area contributed by atoms with Gasteiger partial charge in [-0.1, -0.05) is 0 Å². The van der Waals surface area contributed by atoms with Gasteiger partial charge in [0, 0.05) is 4.88 Å². The van der Waals surface area contributed by atoms with Crippen molar-refractivity contribution in [1.29, 1.82) is 5.26 Å². The molecule has 0 fully saturated rings. The number of hydrogen-bond acceptors (Lipinski definition) is 4. The lowest BCUT2D eigenvalue weighted by Crippen LogP contribution is -2.22. The molecule has 3 rings (SSSR count). The Labute approximate surface area is 142 Å². The van der Waals surface area contributed by atoms with Crippen LogP contribution >= 0.6 is 11.3 Å². The number of nitriles is 1. The predicted octanol–water partition coefficient (Wildman–Crippen LogP) is 3.83. The van der Waals surface area contributed by atoms with Gasteiger partial charge in [0.2, 0.25) is 5.91 Å². The van der Waals surface area contributed by atoms with E-state index in [1.54, 1.807) is 0 Å². The first-order valence-electron chi connectivity index (χ1n) is 7.62. The molecule has 1 heterocycles. The Morgan fingerprint density at radius 3 is 2.88 bits per heavy atom. The van der Waals surface area contributed by atoms with Crippen LogP contribution < -0.4 is 10.6 Å². The number of carbonyl (C=O) groups is 1. The van der Waals surface area contributed by atoms with Crippen molar-refractivity contribution >= 4 is 27.9 Å². The second kappa shape index (κ2) is 6.97. The van der Waals surface area contributed by atoms with Crippen molar-refractivity contribution in [3.63, 3.8) is 0 Å². The summed E-state index contributed by atoms with van der Waals surface area (Å²) in [5.41, 5.74) is 1.49. The zero-order chi connectivity index (χ0) is 17.1. The van der Waals surface area contributed by atoms with Crippen molar-refractivity contribution in [2.75, 3.05) is 17.2 Å². The summed E-state index contributed by atoms with van der Waals surface area (Å²) in [6, 6.07) is 5.16. The largest absolute Gasteiger partial charge is 0.374 e. The molecule has 1 aromatic carbocycles. The van der Waals surface area contributed by atoms with E-state index in [2.05, 4.69) is 16.7 Å². The molecule has 0 radical (unpaired) electrons. The van der Waals surface area contributed by atoms with Crippen molar-refractivity contribution in [3.8, 4) is 6.07 Å². The van der Waals surface area contributed by atoms with Crippen LogP contribution in [-0.2, 0) is 17.6 Å². The second-order valence-electron chi connectivity index (χ2n) is 5.55. The van der Waals surface area contributed by atoms with Gasteiger partial charge in [0.15, 0.2) is 0 Å². The third-order valence-electron chi connectivity index (χ3n) is 3.90. The number of hydrogen-bond donors (Lipinski definition) is 2. The lowest BCUT2D eigenvalue weighted by molar-refractivity contribution is -0.114. The molecule has 2 aromatic rings. The molecule has 7 heteroatoms. The first-order valence-corrected chi connectivity index (χ1v) is 8.43. The van der Waals surface area contributed by atoms with E-state index in [1.165, 1.54) is 11.3 Å². The molecule has 1 aromatic heterocycles. The molecule has 0 aliphatic heterocycles.